The van der Waals surface area contributed by atoms with Gasteiger partial charge in [-0.2, -0.15) is 0 Å². The maximum Gasteiger partial charge on any atom is 0.282 e. The monoisotopic (exact) mass is 447 g/mol. The summed E-state index contributed by atoms with van der Waals surface area (Å²) in [6, 6.07) is 14.1. The molecule has 2 aliphatic heterocycles. The van der Waals surface area contributed by atoms with E-state index in [0.717, 1.165) is 31.7 Å². The van der Waals surface area contributed by atoms with E-state index in [1.54, 1.807) is 24.3 Å². The van der Waals surface area contributed by atoms with Gasteiger partial charge in [-0.25, -0.2) is 4.90 Å². The molecule has 1 atom stereocenters. The lowest BCUT2D eigenvalue weighted by molar-refractivity contribution is -0.121. The highest BCUT2D eigenvalue weighted by molar-refractivity contribution is 6.45. The van der Waals surface area contributed by atoms with E-state index in [1.807, 2.05) is 31.2 Å². The number of nitrogens with zero attached hydrogens (tertiary/aromatic N) is 2. The number of benzene rings is 2. The Morgan fingerprint density at radius 1 is 1.06 bits per heavy atom. The highest BCUT2D eigenvalue weighted by atomic mass is 16.5. The number of carbonyl (C=O) groups excluding carboxylic acids is 3. The van der Waals surface area contributed by atoms with Gasteiger partial charge in [0.2, 0.25) is 5.91 Å². The summed E-state index contributed by atoms with van der Waals surface area (Å²) in [5, 5.41) is 2.70. The van der Waals surface area contributed by atoms with Gasteiger partial charge in [0.05, 0.1) is 17.9 Å². The molecule has 4 rings (SSSR count). The Labute approximate surface area is 194 Å². The van der Waals surface area contributed by atoms with Crippen molar-refractivity contribution < 1.29 is 19.1 Å². The van der Waals surface area contributed by atoms with Gasteiger partial charge in [0.25, 0.3) is 11.8 Å². The number of likely N-dealkylation sites (tertiary alicyclic amines) is 1. The molecule has 2 heterocycles. The average Bonchev–Trinajstić information content (AvgIpc) is 3.05. The number of anilines is 2. The van der Waals surface area contributed by atoms with Crippen LogP contribution in [0, 0.1) is 5.92 Å². The van der Waals surface area contributed by atoms with E-state index in [1.165, 1.54) is 11.8 Å². The molecule has 2 aliphatic rings. The number of nitrogens with one attached hydrogen (secondary N) is 1. The minimum absolute atomic E-state index is 0.183. The van der Waals surface area contributed by atoms with Crippen molar-refractivity contribution in [1.29, 1.82) is 0 Å². The van der Waals surface area contributed by atoms with E-state index < -0.39 is 0 Å². The minimum atomic E-state index is -0.343. The fourth-order valence-electron chi connectivity index (χ4n) is 4.48. The van der Waals surface area contributed by atoms with Crippen molar-refractivity contribution in [2.75, 3.05) is 29.9 Å². The molecule has 0 bridgehead atoms. The zero-order valence-corrected chi connectivity index (χ0v) is 19.3. The summed E-state index contributed by atoms with van der Waals surface area (Å²) in [4.78, 5) is 41.9. The summed E-state index contributed by atoms with van der Waals surface area (Å²) >= 11 is 0. The lowest BCUT2D eigenvalue weighted by Gasteiger charge is -2.33. The van der Waals surface area contributed by atoms with Gasteiger partial charge in [0.15, 0.2) is 0 Å². The number of rotatable bonds is 6. The van der Waals surface area contributed by atoms with Crippen LogP contribution in [-0.4, -0.2) is 42.3 Å². The maximum absolute atomic E-state index is 13.6. The summed E-state index contributed by atoms with van der Waals surface area (Å²) < 4.78 is 5.54. The predicted octanol–water partition coefficient (Wildman–Crippen LogP) is 4.06. The van der Waals surface area contributed by atoms with Crippen LogP contribution in [0.3, 0.4) is 0 Å². The highest BCUT2D eigenvalue weighted by Crippen LogP contribution is 2.37. The predicted molar refractivity (Wildman–Crippen MR) is 128 cm³/mol. The number of carbonyl (C=O) groups is 3. The number of piperidine rings is 1. The third-order valence-corrected chi connectivity index (χ3v) is 5.93. The second-order valence-corrected chi connectivity index (χ2v) is 8.55. The van der Waals surface area contributed by atoms with Crippen LogP contribution >= 0.6 is 0 Å². The van der Waals surface area contributed by atoms with Crippen molar-refractivity contribution in [3.05, 3.63) is 59.8 Å². The molecule has 0 spiro atoms. The van der Waals surface area contributed by atoms with Crippen LogP contribution < -0.4 is 15.0 Å². The van der Waals surface area contributed by atoms with Gasteiger partial charge in [0.1, 0.15) is 11.4 Å². The van der Waals surface area contributed by atoms with Gasteiger partial charge in [-0.05, 0) is 67.6 Å². The maximum atomic E-state index is 13.6. The summed E-state index contributed by atoms with van der Waals surface area (Å²) in [6.45, 7) is 7.56. The SMILES string of the molecule is CCOc1ccc(C2=C(N3CCCC(C)C3)C(=O)N(c3ccc(NC(C)=O)cc3)C2=O)cc1. The van der Waals surface area contributed by atoms with Gasteiger partial charge in [-0.15, -0.1) is 0 Å². The number of hydrogen-bond donors (Lipinski definition) is 1. The Kier molecular flexibility index (Phi) is 6.49. The molecular formula is C26H29N3O4. The normalized spacial score (nSPS) is 18.7. The van der Waals surface area contributed by atoms with Crippen LogP contribution in [0.5, 0.6) is 5.75 Å². The molecule has 1 fully saturated rings. The molecule has 1 unspecified atom stereocenters. The Balaban J connectivity index is 1.73. The number of imide groups is 1. The second-order valence-electron chi connectivity index (χ2n) is 8.55. The van der Waals surface area contributed by atoms with E-state index in [-0.39, 0.29) is 17.7 Å². The van der Waals surface area contributed by atoms with Crippen molar-refractivity contribution in [2.24, 2.45) is 5.92 Å². The molecule has 172 valence electrons. The van der Waals surface area contributed by atoms with E-state index in [0.29, 0.717) is 40.7 Å². The number of amides is 3. The Morgan fingerprint density at radius 2 is 1.76 bits per heavy atom. The molecule has 3 amide bonds. The van der Waals surface area contributed by atoms with Crippen molar-refractivity contribution >= 4 is 34.7 Å². The molecule has 7 nitrogen and oxygen atoms in total. The zero-order chi connectivity index (χ0) is 23.5. The van der Waals surface area contributed by atoms with Gasteiger partial charge in [-0.1, -0.05) is 19.1 Å². The van der Waals surface area contributed by atoms with Crippen LogP contribution in [0.1, 0.15) is 39.2 Å². The fraction of sp³-hybridized carbons (Fsp3) is 0.346. The van der Waals surface area contributed by atoms with Crippen molar-refractivity contribution in [3.63, 3.8) is 0 Å². The number of hydrogen-bond acceptors (Lipinski definition) is 5. The summed E-state index contributed by atoms with van der Waals surface area (Å²) in [7, 11) is 0. The van der Waals surface area contributed by atoms with Crippen LogP contribution in [0.15, 0.2) is 54.2 Å². The molecule has 1 saturated heterocycles. The van der Waals surface area contributed by atoms with Crippen molar-refractivity contribution in [1.82, 2.24) is 4.90 Å². The third-order valence-electron chi connectivity index (χ3n) is 5.93. The molecule has 0 aliphatic carbocycles. The van der Waals surface area contributed by atoms with E-state index in [2.05, 4.69) is 17.1 Å². The smallest absolute Gasteiger partial charge is 0.282 e. The van der Waals surface area contributed by atoms with Crippen molar-refractivity contribution in [3.8, 4) is 5.75 Å². The molecule has 2 aromatic rings. The number of ether oxygens (including phenoxy) is 1. The van der Waals surface area contributed by atoms with Crippen LogP contribution in [0.4, 0.5) is 11.4 Å². The third kappa shape index (κ3) is 4.62. The quantitative estimate of drug-likeness (QED) is 0.676. The lowest BCUT2D eigenvalue weighted by atomic mass is 9.97. The second kappa shape index (κ2) is 9.48. The van der Waals surface area contributed by atoms with E-state index in [9.17, 15) is 14.4 Å². The van der Waals surface area contributed by atoms with Crippen LogP contribution in [0.2, 0.25) is 0 Å². The molecule has 7 heteroatoms. The van der Waals surface area contributed by atoms with Crippen molar-refractivity contribution in [2.45, 2.75) is 33.6 Å². The Hall–Kier alpha value is -3.61. The minimum Gasteiger partial charge on any atom is -0.494 e. The van der Waals surface area contributed by atoms with Gasteiger partial charge >= 0.3 is 0 Å². The largest absolute Gasteiger partial charge is 0.494 e. The molecular weight excluding hydrogens is 418 g/mol. The molecule has 0 saturated carbocycles. The molecule has 2 aromatic carbocycles. The zero-order valence-electron chi connectivity index (χ0n) is 19.3. The van der Waals surface area contributed by atoms with Gasteiger partial charge in [-0.3, -0.25) is 14.4 Å². The molecule has 33 heavy (non-hydrogen) atoms. The van der Waals surface area contributed by atoms with E-state index >= 15 is 0 Å². The molecule has 0 aromatic heterocycles. The summed E-state index contributed by atoms with van der Waals surface area (Å²) in [5.74, 6) is 0.325. The van der Waals surface area contributed by atoms with Gasteiger partial charge in [0, 0.05) is 25.7 Å². The Morgan fingerprint density at radius 3 is 2.36 bits per heavy atom. The standard InChI is InChI=1S/C26H29N3O4/c1-4-33-22-13-7-19(8-14-22)23-24(28-15-5-6-17(2)16-28)26(32)29(25(23)31)21-11-9-20(10-12-21)27-18(3)30/h7-14,17H,4-6,15-16H2,1-3H3,(H,27,30). The molecule has 0 radical (unpaired) electrons. The van der Waals surface area contributed by atoms with Crippen LogP contribution in [-0.2, 0) is 14.4 Å². The summed E-state index contributed by atoms with van der Waals surface area (Å²) in [6.07, 6.45) is 2.09. The first-order valence-electron chi connectivity index (χ1n) is 11.4. The first kappa shape index (κ1) is 22.6. The molecule has 1 N–H and O–H groups in total. The van der Waals surface area contributed by atoms with Crippen LogP contribution in [0.25, 0.3) is 5.57 Å². The first-order chi connectivity index (χ1) is 15.9. The fourth-order valence-corrected chi connectivity index (χ4v) is 4.48. The Bertz CT molecular complexity index is 1090. The average molecular weight is 448 g/mol. The highest BCUT2D eigenvalue weighted by Gasteiger charge is 2.43. The van der Waals surface area contributed by atoms with E-state index in [4.69, 9.17) is 4.74 Å². The topological polar surface area (TPSA) is 79.0 Å². The summed E-state index contributed by atoms with van der Waals surface area (Å²) in [5.41, 5.74) is 2.66. The first-order valence-corrected chi connectivity index (χ1v) is 11.4. The van der Waals surface area contributed by atoms with Gasteiger partial charge < -0.3 is 15.0 Å². The lowest BCUT2D eigenvalue weighted by Crippen LogP contribution is -2.39.